The quantitative estimate of drug-likeness (QED) is 0.718. The monoisotopic (exact) mass is 317 g/mol. The first-order valence-electron chi connectivity index (χ1n) is 7.09. The van der Waals surface area contributed by atoms with Crippen LogP contribution >= 0.6 is 0 Å². The zero-order valence-electron chi connectivity index (χ0n) is 12.8. The lowest BCUT2D eigenvalue weighted by Gasteiger charge is -2.18. The Bertz CT molecular complexity index is 545. The maximum Gasteiger partial charge on any atom is 0.240 e. The molecule has 7 heteroatoms. The van der Waals surface area contributed by atoms with E-state index in [1.807, 2.05) is 13.8 Å². The molecule has 0 unspecified atom stereocenters. The Morgan fingerprint density at radius 2 is 1.90 bits per heavy atom. The minimum absolute atomic E-state index is 0.0914. The zero-order valence-corrected chi connectivity index (χ0v) is 13.6. The van der Waals surface area contributed by atoms with Crippen LogP contribution in [0, 0.1) is 5.82 Å². The largest absolute Gasteiger partial charge is 0.316 e. The van der Waals surface area contributed by atoms with Gasteiger partial charge in [0.15, 0.2) is 0 Å². The molecule has 0 spiro atoms. The SMILES string of the molecule is CCN(CC)CCNS(=O)(=O)c1ccc(F)c(CNC)c1. The van der Waals surface area contributed by atoms with E-state index >= 15 is 0 Å². The molecule has 0 aliphatic carbocycles. The van der Waals surface area contributed by atoms with Crippen molar-refractivity contribution in [3.05, 3.63) is 29.6 Å². The van der Waals surface area contributed by atoms with E-state index in [1.54, 1.807) is 7.05 Å². The Hall–Kier alpha value is -1.02. The van der Waals surface area contributed by atoms with E-state index in [-0.39, 0.29) is 11.4 Å². The highest BCUT2D eigenvalue weighted by Crippen LogP contribution is 2.14. The van der Waals surface area contributed by atoms with Crippen LogP contribution in [0.1, 0.15) is 19.4 Å². The van der Waals surface area contributed by atoms with Crippen LogP contribution in [0.15, 0.2) is 23.1 Å². The van der Waals surface area contributed by atoms with E-state index in [4.69, 9.17) is 0 Å². The molecular weight excluding hydrogens is 293 g/mol. The number of halogens is 1. The fourth-order valence-corrected chi connectivity index (χ4v) is 3.08. The number of nitrogens with one attached hydrogen (secondary N) is 2. The Labute approximate surface area is 126 Å². The summed E-state index contributed by atoms with van der Waals surface area (Å²) in [5.74, 6) is -0.411. The molecule has 0 heterocycles. The van der Waals surface area contributed by atoms with Crippen molar-refractivity contribution in [1.82, 2.24) is 14.9 Å². The van der Waals surface area contributed by atoms with Crippen molar-refractivity contribution in [1.29, 1.82) is 0 Å². The number of likely N-dealkylation sites (N-methyl/N-ethyl adjacent to an activating group) is 1. The molecule has 0 aliphatic rings. The molecule has 5 nitrogen and oxygen atoms in total. The van der Waals surface area contributed by atoms with Crippen molar-refractivity contribution in [3.63, 3.8) is 0 Å². The van der Waals surface area contributed by atoms with Crippen LogP contribution in [0.25, 0.3) is 0 Å². The molecule has 1 aromatic carbocycles. The molecule has 0 saturated heterocycles. The highest BCUT2D eigenvalue weighted by Gasteiger charge is 2.16. The van der Waals surface area contributed by atoms with Crippen LogP contribution in [-0.4, -0.2) is 46.5 Å². The second-order valence-electron chi connectivity index (χ2n) is 4.71. The summed E-state index contributed by atoms with van der Waals surface area (Å²) in [6.45, 7) is 7.08. The molecule has 0 aromatic heterocycles. The van der Waals surface area contributed by atoms with Crippen LogP contribution in [0.4, 0.5) is 4.39 Å². The van der Waals surface area contributed by atoms with Gasteiger partial charge in [0.1, 0.15) is 5.82 Å². The minimum Gasteiger partial charge on any atom is -0.316 e. The van der Waals surface area contributed by atoms with Gasteiger partial charge in [0.2, 0.25) is 10.0 Å². The van der Waals surface area contributed by atoms with Gasteiger partial charge in [-0.05, 0) is 38.3 Å². The van der Waals surface area contributed by atoms with Gasteiger partial charge < -0.3 is 10.2 Å². The zero-order chi connectivity index (χ0) is 15.9. The first kappa shape index (κ1) is 18.0. The van der Waals surface area contributed by atoms with E-state index in [9.17, 15) is 12.8 Å². The standard InChI is InChI=1S/C14H24FN3O2S/c1-4-18(5-2)9-8-17-21(19,20)13-6-7-14(15)12(10-13)11-16-3/h6-7,10,16-17H,4-5,8-9,11H2,1-3H3. The lowest BCUT2D eigenvalue weighted by Crippen LogP contribution is -2.34. The fourth-order valence-electron chi connectivity index (χ4n) is 2.01. The van der Waals surface area contributed by atoms with E-state index in [1.165, 1.54) is 18.2 Å². The Morgan fingerprint density at radius 3 is 2.48 bits per heavy atom. The fraction of sp³-hybridized carbons (Fsp3) is 0.571. The third kappa shape index (κ3) is 5.35. The summed E-state index contributed by atoms with van der Waals surface area (Å²) in [5, 5.41) is 2.81. The lowest BCUT2D eigenvalue weighted by molar-refractivity contribution is 0.309. The van der Waals surface area contributed by atoms with Crippen LogP contribution in [0.3, 0.4) is 0 Å². The molecule has 1 aromatic rings. The number of nitrogens with zero attached hydrogens (tertiary/aromatic N) is 1. The summed E-state index contributed by atoms with van der Waals surface area (Å²) in [7, 11) is -1.92. The molecule has 0 bridgehead atoms. The molecule has 0 saturated carbocycles. The molecule has 21 heavy (non-hydrogen) atoms. The lowest BCUT2D eigenvalue weighted by atomic mass is 10.2. The summed E-state index contributed by atoms with van der Waals surface area (Å²) in [5.41, 5.74) is 0.337. The highest BCUT2D eigenvalue weighted by atomic mass is 32.2. The number of hydrogen-bond acceptors (Lipinski definition) is 4. The van der Waals surface area contributed by atoms with E-state index in [0.29, 0.717) is 18.7 Å². The van der Waals surface area contributed by atoms with E-state index < -0.39 is 15.8 Å². The number of sulfonamides is 1. The summed E-state index contributed by atoms with van der Waals surface area (Å²) in [4.78, 5) is 2.22. The average Bonchev–Trinajstić information content (AvgIpc) is 2.46. The molecule has 0 fully saturated rings. The number of rotatable bonds is 9. The van der Waals surface area contributed by atoms with Crippen LogP contribution in [0.2, 0.25) is 0 Å². The van der Waals surface area contributed by atoms with Crippen molar-refractivity contribution in [3.8, 4) is 0 Å². The predicted octanol–water partition coefficient (Wildman–Crippen LogP) is 1.17. The summed E-state index contributed by atoms with van der Waals surface area (Å²) < 4.78 is 40.5. The van der Waals surface area contributed by atoms with Gasteiger partial charge in [-0.1, -0.05) is 13.8 Å². The first-order valence-corrected chi connectivity index (χ1v) is 8.58. The van der Waals surface area contributed by atoms with Gasteiger partial charge in [0.25, 0.3) is 0 Å². The van der Waals surface area contributed by atoms with Crippen molar-refractivity contribution in [2.45, 2.75) is 25.3 Å². The maximum absolute atomic E-state index is 13.5. The maximum atomic E-state index is 13.5. The molecule has 1 rings (SSSR count). The van der Waals surface area contributed by atoms with Crippen molar-refractivity contribution < 1.29 is 12.8 Å². The van der Waals surface area contributed by atoms with Gasteiger partial charge in [-0.3, -0.25) is 0 Å². The highest BCUT2D eigenvalue weighted by molar-refractivity contribution is 7.89. The Morgan fingerprint density at radius 1 is 1.24 bits per heavy atom. The number of hydrogen-bond donors (Lipinski definition) is 2. The Balaban J connectivity index is 2.76. The molecule has 0 radical (unpaired) electrons. The van der Waals surface area contributed by atoms with Crippen molar-refractivity contribution >= 4 is 10.0 Å². The van der Waals surface area contributed by atoms with Crippen LogP contribution < -0.4 is 10.0 Å². The molecular formula is C14H24FN3O2S. The van der Waals surface area contributed by atoms with Gasteiger partial charge in [0.05, 0.1) is 4.90 Å². The third-order valence-corrected chi connectivity index (χ3v) is 4.77. The summed E-state index contributed by atoms with van der Waals surface area (Å²) in [6, 6.07) is 3.84. The minimum atomic E-state index is -3.60. The predicted molar refractivity (Wildman–Crippen MR) is 82.1 cm³/mol. The normalized spacial score (nSPS) is 12.0. The summed E-state index contributed by atoms with van der Waals surface area (Å²) in [6.07, 6.45) is 0. The van der Waals surface area contributed by atoms with Gasteiger partial charge in [0, 0.05) is 25.2 Å². The number of benzene rings is 1. The van der Waals surface area contributed by atoms with Crippen LogP contribution in [0.5, 0.6) is 0 Å². The molecule has 0 aliphatic heterocycles. The van der Waals surface area contributed by atoms with Gasteiger partial charge >= 0.3 is 0 Å². The Kier molecular flexibility index (Phi) is 7.24. The van der Waals surface area contributed by atoms with E-state index in [2.05, 4.69) is 14.9 Å². The van der Waals surface area contributed by atoms with Gasteiger partial charge in [-0.2, -0.15) is 0 Å². The average molecular weight is 317 g/mol. The third-order valence-electron chi connectivity index (χ3n) is 3.31. The smallest absolute Gasteiger partial charge is 0.240 e. The van der Waals surface area contributed by atoms with Crippen molar-refractivity contribution in [2.75, 3.05) is 33.2 Å². The van der Waals surface area contributed by atoms with Crippen molar-refractivity contribution in [2.24, 2.45) is 0 Å². The topological polar surface area (TPSA) is 61.4 Å². The summed E-state index contributed by atoms with van der Waals surface area (Å²) >= 11 is 0. The van der Waals surface area contributed by atoms with Crippen LogP contribution in [-0.2, 0) is 16.6 Å². The van der Waals surface area contributed by atoms with Gasteiger partial charge in [-0.25, -0.2) is 17.5 Å². The second-order valence-corrected chi connectivity index (χ2v) is 6.48. The molecule has 120 valence electrons. The van der Waals surface area contributed by atoms with E-state index in [0.717, 1.165) is 13.1 Å². The van der Waals surface area contributed by atoms with Gasteiger partial charge in [-0.15, -0.1) is 0 Å². The second kappa shape index (κ2) is 8.43. The molecule has 2 N–H and O–H groups in total. The molecule has 0 atom stereocenters. The first-order chi connectivity index (χ1) is 9.94. The molecule has 0 amide bonds.